The first-order valence-electron chi connectivity index (χ1n) is 6.83. The molecule has 0 aliphatic rings. The molecule has 1 rings (SSSR count). The molecule has 0 aliphatic heterocycles. The molecule has 0 aromatic carbocycles. The number of nitrogens with zero attached hydrogens (tertiary/aromatic N) is 2. The van der Waals surface area contributed by atoms with Crippen LogP contribution < -0.4 is 10.6 Å². The zero-order valence-electron chi connectivity index (χ0n) is 12.6. The summed E-state index contributed by atoms with van der Waals surface area (Å²) in [6, 6.07) is 1.96. The van der Waals surface area contributed by atoms with E-state index in [1.165, 1.54) is 0 Å². The maximum absolute atomic E-state index is 5.88. The number of rotatable bonds is 6. The van der Waals surface area contributed by atoms with Gasteiger partial charge in [0.05, 0.1) is 5.56 Å². The quantitative estimate of drug-likeness (QED) is 0.812. The summed E-state index contributed by atoms with van der Waals surface area (Å²) in [5, 5.41) is 0. The van der Waals surface area contributed by atoms with Gasteiger partial charge in [-0.15, -0.1) is 0 Å². The summed E-state index contributed by atoms with van der Waals surface area (Å²) < 4.78 is 0. The Bertz CT molecular complexity index is 431. The van der Waals surface area contributed by atoms with Crippen LogP contribution in [0, 0.1) is 18.8 Å². The van der Waals surface area contributed by atoms with E-state index >= 15 is 0 Å². The van der Waals surface area contributed by atoms with Crippen LogP contribution in [0.2, 0.25) is 0 Å². The monoisotopic (exact) mass is 279 g/mol. The Morgan fingerprint density at radius 3 is 2.21 bits per heavy atom. The van der Waals surface area contributed by atoms with Crippen molar-refractivity contribution in [1.82, 2.24) is 4.98 Å². The third kappa shape index (κ3) is 4.46. The molecular formula is C15H25N3S. The number of hydrogen-bond acceptors (Lipinski definition) is 3. The van der Waals surface area contributed by atoms with E-state index in [-0.39, 0.29) is 0 Å². The van der Waals surface area contributed by atoms with Gasteiger partial charge in [0.15, 0.2) is 0 Å². The summed E-state index contributed by atoms with van der Waals surface area (Å²) >= 11 is 5.19. The second-order valence-corrected chi connectivity index (χ2v) is 6.32. The van der Waals surface area contributed by atoms with Crippen molar-refractivity contribution in [2.24, 2.45) is 17.6 Å². The highest BCUT2D eigenvalue weighted by Crippen LogP contribution is 2.23. The smallest absolute Gasteiger partial charge is 0.139 e. The first kappa shape index (κ1) is 15.9. The van der Waals surface area contributed by atoms with E-state index in [9.17, 15) is 0 Å². The zero-order chi connectivity index (χ0) is 14.6. The summed E-state index contributed by atoms with van der Waals surface area (Å²) in [7, 11) is 0. The topological polar surface area (TPSA) is 42.2 Å². The molecular weight excluding hydrogens is 254 g/mol. The van der Waals surface area contributed by atoms with Crippen molar-refractivity contribution in [2.75, 3.05) is 18.0 Å². The highest BCUT2D eigenvalue weighted by Gasteiger charge is 2.18. The number of pyridine rings is 1. The van der Waals surface area contributed by atoms with Gasteiger partial charge in [0.1, 0.15) is 10.8 Å². The van der Waals surface area contributed by atoms with Gasteiger partial charge < -0.3 is 10.6 Å². The van der Waals surface area contributed by atoms with Gasteiger partial charge in [-0.3, -0.25) is 0 Å². The van der Waals surface area contributed by atoms with Gasteiger partial charge in [-0.1, -0.05) is 39.9 Å². The van der Waals surface area contributed by atoms with Gasteiger partial charge in [0.2, 0.25) is 0 Å². The third-order valence-electron chi connectivity index (χ3n) is 2.86. The number of anilines is 1. The van der Waals surface area contributed by atoms with Gasteiger partial charge in [-0.05, 0) is 30.4 Å². The van der Waals surface area contributed by atoms with Gasteiger partial charge in [0, 0.05) is 19.3 Å². The first-order valence-corrected chi connectivity index (χ1v) is 7.24. The van der Waals surface area contributed by atoms with Crippen molar-refractivity contribution in [3.05, 3.63) is 23.4 Å². The predicted molar refractivity (Wildman–Crippen MR) is 86.8 cm³/mol. The summed E-state index contributed by atoms with van der Waals surface area (Å²) in [6.45, 7) is 12.8. The molecule has 2 N–H and O–H groups in total. The lowest BCUT2D eigenvalue weighted by Gasteiger charge is -2.29. The van der Waals surface area contributed by atoms with Crippen molar-refractivity contribution in [3.63, 3.8) is 0 Å². The molecule has 1 heterocycles. The van der Waals surface area contributed by atoms with Crippen molar-refractivity contribution >= 4 is 23.0 Å². The molecule has 0 aliphatic carbocycles. The van der Waals surface area contributed by atoms with E-state index in [4.69, 9.17) is 18.0 Å². The third-order valence-corrected chi connectivity index (χ3v) is 3.06. The van der Waals surface area contributed by atoms with Crippen molar-refractivity contribution in [3.8, 4) is 0 Å². The molecule has 0 unspecified atom stereocenters. The molecule has 19 heavy (non-hydrogen) atoms. The van der Waals surface area contributed by atoms with Crippen LogP contribution in [0.25, 0.3) is 0 Å². The number of aromatic nitrogens is 1. The van der Waals surface area contributed by atoms with Crippen LogP contribution in [0.15, 0.2) is 12.3 Å². The molecule has 0 bridgehead atoms. The lowest BCUT2D eigenvalue weighted by atomic mass is 10.1. The summed E-state index contributed by atoms with van der Waals surface area (Å²) in [5.74, 6) is 2.07. The standard InChI is InChI=1S/C15H25N3S/c1-10(2)8-18(9-11(3)4)15-13(14(16)19)12(5)6-7-17-15/h6-7,10-11H,8-9H2,1-5H3,(H2,16,19). The summed E-state index contributed by atoms with van der Waals surface area (Å²) in [5.41, 5.74) is 7.89. The van der Waals surface area contributed by atoms with Crippen LogP contribution in [-0.4, -0.2) is 23.1 Å². The van der Waals surface area contributed by atoms with Crippen molar-refractivity contribution in [1.29, 1.82) is 0 Å². The SMILES string of the molecule is Cc1ccnc(N(CC(C)C)CC(C)C)c1C(N)=S. The van der Waals surface area contributed by atoms with E-state index in [0.717, 1.165) is 30.0 Å². The second kappa shape index (κ2) is 6.85. The molecule has 1 aromatic rings. The van der Waals surface area contributed by atoms with E-state index in [1.54, 1.807) is 0 Å². The van der Waals surface area contributed by atoms with E-state index in [1.807, 2.05) is 19.2 Å². The largest absolute Gasteiger partial charge is 0.389 e. The fourth-order valence-corrected chi connectivity index (χ4v) is 2.47. The number of thiocarbonyl (C=S) groups is 1. The average molecular weight is 279 g/mol. The maximum Gasteiger partial charge on any atom is 0.139 e. The Morgan fingerprint density at radius 1 is 1.26 bits per heavy atom. The normalized spacial score (nSPS) is 11.1. The van der Waals surface area contributed by atoms with E-state index in [2.05, 4.69) is 37.6 Å². The summed E-state index contributed by atoms with van der Waals surface area (Å²) in [6.07, 6.45) is 1.83. The Balaban J connectivity index is 3.21. The highest BCUT2D eigenvalue weighted by atomic mass is 32.1. The van der Waals surface area contributed by atoms with Crippen LogP contribution in [-0.2, 0) is 0 Å². The van der Waals surface area contributed by atoms with E-state index < -0.39 is 0 Å². The van der Waals surface area contributed by atoms with Crippen LogP contribution in [0.3, 0.4) is 0 Å². The minimum Gasteiger partial charge on any atom is -0.389 e. The highest BCUT2D eigenvalue weighted by molar-refractivity contribution is 7.80. The molecule has 0 saturated heterocycles. The van der Waals surface area contributed by atoms with Crippen LogP contribution in [0.4, 0.5) is 5.82 Å². The molecule has 0 saturated carbocycles. The Kier molecular flexibility index (Phi) is 5.73. The zero-order valence-corrected chi connectivity index (χ0v) is 13.4. The maximum atomic E-state index is 5.88. The van der Waals surface area contributed by atoms with Crippen LogP contribution in [0.1, 0.15) is 38.8 Å². The lowest BCUT2D eigenvalue weighted by Crippen LogP contribution is -2.34. The van der Waals surface area contributed by atoms with Crippen molar-refractivity contribution in [2.45, 2.75) is 34.6 Å². The van der Waals surface area contributed by atoms with E-state index in [0.29, 0.717) is 16.8 Å². The van der Waals surface area contributed by atoms with Crippen molar-refractivity contribution < 1.29 is 0 Å². The molecule has 0 fully saturated rings. The molecule has 106 valence electrons. The molecule has 0 spiro atoms. The summed E-state index contributed by atoms with van der Waals surface area (Å²) in [4.78, 5) is 7.26. The molecule has 3 nitrogen and oxygen atoms in total. The number of nitrogens with two attached hydrogens (primary N) is 1. The first-order chi connectivity index (χ1) is 8.82. The fraction of sp³-hybridized carbons (Fsp3) is 0.600. The molecule has 1 aromatic heterocycles. The molecule has 0 amide bonds. The predicted octanol–water partition coefficient (Wildman–Crippen LogP) is 3.14. The minimum atomic E-state index is 0.429. The minimum absolute atomic E-state index is 0.429. The van der Waals surface area contributed by atoms with Gasteiger partial charge in [0.25, 0.3) is 0 Å². The van der Waals surface area contributed by atoms with Gasteiger partial charge >= 0.3 is 0 Å². The second-order valence-electron chi connectivity index (χ2n) is 5.88. The van der Waals surface area contributed by atoms with Crippen LogP contribution in [0.5, 0.6) is 0 Å². The van der Waals surface area contributed by atoms with Crippen LogP contribution >= 0.6 is 12.2 Å². The average Bonchev–Trinajstić information content (AvgIpc) is 2.25. The Hall–Kier alpha value is -1.16. The van der Waals surface area contributed by atoms with Gasteiger partial charge in [-0.25, -0.2) is 4.98 Å². The number of aryl methyl sites for hydroxylation is 1. The fourth-order valence-electron chi connectivity index (χ4n) is 2.22. The number of hydrogen-bond donors (Lipinski definition) is 1. The lowest BCUT2D eigenvalue weighted by molar-refractivity contribution is 0.548. The Labute approximate surface area is 122 Å². The molecule has 0 atom stereocenters. The Morgan fingerprint density at radius 2 is 1.79 bits per heavy atom. The van der Waals surface area contributed by atoms with Gasteiger partial charge in [-0.2, -0.15) is 0 Å². The molecule has 0 radical (unpaired) electrons. The molecule has 4 heteroatoms.